The average Bonchev–Trinajstić information content (AvgIpc) is 2.45. The summed E-state index contributed by atoms with van der Waals surface area (Å²) in [6, 6.07) is 6.66. The summed E-state index contributed by atoms with van der Waals surface area (Å²) in [5.41, 5.74) is 1.26. The maximum atomic E-state index is 5.94. The monoisotopic (exact) mass is 265 g/mol. The molecule has 0 saturated heterocycles. The van der Waals surface area contributed by atoms with Crippen LogP contribution in [0.4, 0.5) is 0 Å². The minimum Gasteiger partial charge on any atom is -0.493 e. The minimum atomic E-state index is 0.121. The average molecular weight is 265 g/mol. The summed E-state index contributed by atoms with van der Waals surface area (Å²) >= 11 is 0. The van der Waals surface area contributed by atoms with E-state index in [1.165, 1.54) is 5.56 Å². The number of nitrogens with one attached hydrogen (secondary N) is 1. The lowest BCUT2D eigenvalue weighted by atomic mass is 10.1. The predicted molar refractivity (Wildman–Crippen MR) is 80.2 cm³/mol. The third-order valence-corrected chi connectivity index (χ3v) is 3.33. The van der Waals surface area contributed by atoms with Gasteiger partial charge < -0.3 is 14.8 Å². The summed E-state index contributed by atoms with van der Waals surface area (Å²) in [4.78, 5) is 0. The summed E-state index contributed by atoms with van der Waals surface area (Å²) < 4.78 is 11.3. The van der Waals surface area contributed by atoms with Crippen LogP contribution in [0.15, 0.2) is 18.2 Å². The molecule has 0 aliphatic heterocycles. The maximum absolute atomic E-state index is 5.94. The number of aryl methyl sites for hydroxylation is 1. The van der Waals surface area contributed by atoms with Crippen molar-refractivity contribution in [3.05, 3.63) is 23.8 Å². The highest BCUT2D eigenvalue weighted by atomic mass is 16.5. The van der Waals surface area contributed by atoms with E-state index in [-0.39, 0.29) is 6.10 Å². The third kappa shape index (κ3) is 5.11. The van der Waals surface area contributed by atoms with Crippen LogP contribution in [0, 0.1) is 0 Å². The number of rotatable bonds is 8. The molecule has 0 saturated carbocycles. The van der Waals surface area contributed by atoms with Crippen LogP contribution in [0.25, 0.3) is 0 Å². The van der Waals surface area contributed by atoms with E-state index in [9.17, 15) is 0 Å². The van der Waals surface area contributed by atoms with Crippen LogP contribution in [0.5, 0.6) is 11.5 Å². The number of hydrogen-bond acceptors (Lipinski definition) is 3. The van der Waals surface area contributed by atoms with Gasteiger partial charge in [-0.1, -0.05) is 19.9 Å². The fraction of sp³-hybridized carbons (Fsp3) is 0.625. The molecule has 0 radical (unpaired) electrons. The molecule has 0 amide bonds. The van der Waals surface area contributed by atoms with Crippen molar-refractivity contribution in [2.45, 2.75) is 52.7 Å². The summed E-state index contributed by atoms with van der Waals surface area (Å²) in [7, 11) is 1.68. The molecular weight excluding hydrogens is 238 g/mol. The molecule has 2 atom stereocenters. The quantitative estimate of drug-likeness (QED) is 0.781. The first kappa shape index (κ1) is 15.8. The highest BCUT2D eigenvalue weighted by Gasteiger charge is 2.10. The zero-order valence-corrected chi connectivity index (χ0v) is 12.8. The van der Waals surface area contributed by atoms with Gasteiger partial charge >= 0.3 is 0 Å². The van der Waals surface area contributed by atoms with Gasteiger partial charge in [0.2, 0.25) is 0 Å². The molecular formula is C16H27NO2. The lowest BCUT2D eigenvalue weighted by Gasteiger charge is -2.20. The van der Waals surface area contributed by atoms with Crippen molar-refractivity contribution in [1.29, 1.82) is 0 Å². The van der Waals surface area contributed by atoms with Crippen LogP contribution in [-0.4, -0.2) is 25.8 Å². The van der Waals surface area contributed by atoms with Gasteiger partial charge in [0.15, 0.2) is 11.5 Å². The van der Waals surface area contributed by atoms with E-state index in [0.29, 0.717) is 6.04 Å². The Morgan fingerprint density at radius 1 is 1.16 bits per heavy atom. The molecule has 0 aliphatic rings. The van der Waals surface area contributed by atoms with Crippen molar-refractivity contribution in [1.82, 2.24) is 5.32 Å². The normalized spacial score (nSPS) is 13.9. The summed E-state index contributed by atoms with van der Waals surface area (Å²) in [5.74, 6) is 1.63. The Labute approximate surface area is 117 Å². The first-order valence-corrected chi connectivity index (χ1v) is 7.17. The van der Waals surface area contributed by atoms with Crippen LogP contribution in [0.1, 0.15) is 39.7 Å². The standard InChI is InChI=1S/C16H27NO2/c1-6-12(3)17-11-13(4)19-15-9-8-14(7-2)10-16(15)18-5/h8-10,12-13,17H,6-7,11H2,1-5H3. The Kier molecular flexibility index (Phi) is 6.71. The molecule has 1 rings (SSSR count). The van der Waals surface area contributed by atoms with E-state index < -0.39 is 0 Å². The van der Waals surface area contributed by atoms with Gasteiger partial charge in [-0.05, 0) is 44.4 Å². The Bertz CT molecular complexity index is 379. The Morgan fingerprint density at radius 3 is 2.47 bits per heavy atom. The Morgan fingerprint density at radius 2 is 1.89 bits per heavy atom. The highest BCUT2D eigenvalue weighted by molar-refractivity contribution is 5.43. The molecule has 1 N–H and O–H groups in total. The molecule has 0 fully saturated rings. The van der Waals surface area contributed by atoms with Gasteiger partial charge in [-0.25, -0.2) is 0 Å². The third-order valence-electron chi connectivity index (χ3n) is 3.33. The second-order valence-electron chi connectivity index (χ2n) is 4.98. The number of methoxy groups -OCH3 is 1. The van der Waals surface area contributed by atoms with Crippen molar-refractivity contribution in [3.63, 3.8) is 0 Å². The van der Waals surface area contributed by atoms with Crippen LogP contribution in [-0.2, 0) is 6.42 Å². The second kappa shape index (κ2) is 8.05. The summed E-state index contributed by atoms with van der Waals surface area (Å²) in [6.45, 7) is 9.41. The summed E-state index contributed by atoms with van der Waals surface area (Å²) in [5, 5.41) is 3.45. The van der Waals surface area contributed by atoms with Crippen LogP contribution in [0.2, 0.25) is 0 Å². The van der Waals surface area contributed by atoms with Gasteiger partial charge in [0.05, 0.1) is 7.11 Å². The van der Waals surface area contributed by atoms with Crippen molar-refractivity contribution < 1.29 is 9.47 Å². The lowest BCUT2D eigenvalue weighted by molar-refractivity contribution is 0.203. The molecule has 0 spiro atoms. The second-order valence-corrected chi connectivity index (χ2v) is 4.98. The van der Waals surface area contributed by atoms with Crippen LogP contribution in [0.3, 0.4) is 0 Å². The van der Waals surface area contributed by atoms with Crippen molar-refractivity contribution in [3.8, 4) is 11.5 Å². The molecule has 0 aromatic heterocycles. The van der Waals surface area contributed by atoms with Gasteiger partial charge in [0.25, 0.3) is 0 Å². The molecule has 108 valence electrons. The predicted octanol–water partition coefficient (Wildman–Crippen LogP) is 3.41. The molecule has 19 heavy (non-hydrogen) atoms. The maximum Gasteiger partial charge on any atom is 0.161 e. The van der Waals surface area contributed by atoms with E-state index in [1.54, 1.807) is 7.11 Å². The number of hydrogen-bond donors (Lipinski definition) is 1. The zero-order chi connectivity index (χ0) is 14.3. The van der Waals surface area contributed by atoms with Crippen molar-refractivity contribution in [2.75, 3.05) is 13.7 Å². The van der Waals surface area contributed by atoms with Crippen molar-refractivity contribution >= 4 is 0 Å². The van der Waals surface area contributed by atoms with E-state index in [0.717, 1.165) is 30.9 Å². The number of benzene rings is 1. The fourth-order valence-electron chi connectivity index (χ4n) is 1.80. The van der Waals surface area contributed by atoms with E-state index >= 15 is 0 Å². The van der Waals surface area contributed by atoms with E-state index in [1.807, 2.05) is 12.1 Å². The number of ether oxygens (including phenoxy) is 2. The van der Waals surface area contributed by atoms with Crippen LogP contribution < -0.4 is 14.8 Å². The topological polar surface area (TPSA) is 30.5 Å². The van der Waals surface area contributed by atoms with Gasteiger partial charge in [-0.2, -0.15) is 0 Å². The van der Waals surface area contributed by atoms with Gasteiger partial charge in [0, 0.05) is 12.6 Å². The smallest absolute Gasteiger partial charge is 0.161 e. The molecule has 0 aliphatic carbocycles. The van der Waals surface area contributed by atoms with E-state index in [2.05, 4.69) is 39.1 Å². The van der Waals surface area contributed by atoms with E-state index in [4.69, 9.17) is 9.47 Å². The largest absolute Gasteiger partial charge is 0.493 e. The minimum absolute atomic E-state index is 0.121. The van der Waals surface area contributed by atoms with Gasteiger partial charge in [-0.3, -0.25) is 0 Å². The molecule has 0 bridgehead atoms. The molecule has 1 aromatic carbocycles. The van der Waals surface area contributed by atoms with Crippen molar-refractivity contribution in [2.24, 2.45) is 0 Å². The summed E-state index contributed by atoms with van der Waals surface area (Å²) in [6.07, 6.45) is 2.25. The Balaban J connectivity index is 2.60. The fourth-order valence-corrected chi connectivity index (χ4v) is 1.80. The highest BCUT2D eigenvalue weighted by Crippen LogP contribution is 2.29. The Hall–Kier alpha value is -1.22. The molecule has 1 aromatic rings. The van der Waals surface area contributed by atoms with Gasteiger partial charge in [-0.15, -0.1) is 0 Å². The zero-order valence-electron chi connectivity index (χ0n) is 12.8. The SMILES string of the molecule is CCc1ccc(OC(C)CNC(C)CC)c(OC)c1. The molecule has 3 nitrogen and oxygen atoms in total. The first-order chi connectivity index (χ1) is 9.10. The molecule has 0 heterocycles. The molecule has 3 heteroatoms. The van der Waals surface area contributed by atoms with Gasteiger partial charge in [0.1, 0.15) is 6.10 Å². The van der Waals surface area contributed by atoms with Crippen LogP contribution >= 0.6 is 0 Å². The lowest BCUT2D eigenvalue weighted by Crippen LogP contribution is -2.34. The first-order valence-electron chi connectivity index (χ1n) is 7.17. The molecule has 2 unspecified atom stereocenters.